The highest BCUT2D eigenvalue weighted by atomic mass is 32.2. The first-order chi connectivity index (χ1) is 17.8. The van der Waals surface area contributed by atoms with Crippen molar-refractivity contribution >= 4 is 51.9 Å². The Morgan fingerprint density at radius 2 is 0.974 bits per heavy atom. The molecule has 6 heteroatoms. The van der Waals surface area contributed by atoms with E-state index in [0.717, 1.165) is 23.7 Å². The molecule has 7 atom stereocenters. The van der Waals surface area contributed by atoms with Crippen molar-refractivity contribution in [3.05, 3.63) is 0 Å². The van der Waals surface area contributed by atoms with E-state index >= 15 is 0 Å². The van der Waals surface area contributed by atoms with Gasteiger partial charge in [0.25, 0.3) is 0 Å². The molecule has 0 heterocycles. The molecule has 0 N–H and O–H groups in total. The summed E-state index contributed by atoms with van der Waals surface area (Å²) in [5.41, 5.74) is 0. The summed E-state index contributed by atoms with van der Waals surface area (Å²) in [7, 11) is 3.47. The predicted octanol–water partition coefficient (Wildman–Crippen LogP) is 12.3. The zero-order valence-corrected chi connectivity index (χ0v) is 31.2. The number of thiocarbonyl (C=S) groups is 1. The van der Waals surface area contributed by atoms with Crippen molar-refractivity contribution in [3.63, 3.8) is 0 Å². The highest BCUT2D eigenvalue weighted by Gasteiger charge is 2.19. The molecule has 232 valence electrons. The number of hydrogen-bond acceptors (Lipinski definition) is 6. The fraction of sp³-hybridized carbons (Fsp3) is 0.969. The van der Waals surface area contributed by atoms with Crippen molar-refractivity contribution in [2.75, 3.05) is 14.2 Å². The second kappa shape index (κ2) is 29.4. The highest BCUT2D eigenvalue weighted by Crippen LogP contribution is 2.35. The molecule has 0 amide bonds. The summed E-state index contributed by atoms with van der Waals surface area (Å²) in [4.78, 5) is 0. The summed E-state index contributed by atoms with van der Waals surface area (Å²) in [6.07, 6.45) is 11.7. The standard InChI is InChI=1S/C16H34OS2.C9H18OS2.C7H16/c1-8-12(3)10-14(5)18-16(17-7)19-15(6)11-13(4)9-2;1-5-7(2)6-8(3)12-9(11)10-4;1-4-6-7(3)5-2/h12-16H,8-11H2,1-7H3;7-8H,5-6H2,1-4H3;7H,4-6H2,1-3H3. The normalized spacial score (nSPS) is 17.3. The van der Waals surface area contributed by atoms with Crippen LogP contribution in [0, 0.1) is 23.7 Å². The average Bonchev–Trinajstić information content (AvgIpc) is 2.88. The van der Waals surface area contributed by atoms with Crippen LogP contribution in [-0.2, 0) is 9.47 Å². The van der Waals surface area contributed by atoms with Gasteiger partial charge in [0.1, 0.15) is 4.77 Å². The fourth-order valence-electron chi connectivity index (χ4n) is 3.79. The average molecular weight is 613 g/mol. The van der Waals surface area contributed by atoms with Crippen molar-refractivity contribution in [1.82, 2.24) is 0 Å². The third kappa shape index (κ3) is 29.9. The lowest BCUT2D eigenvalue weighted by atomic mass is 10.0. The molecule has 0 radical (unpaired) electrons. The Morgan fingerprint density at radius 1 is 0.605 bits per heavy atom. The van der Waals surface area contributed by atoms with Gasteiger partial charge in [-0.1, -0.05) is 133 Å². The maximum absolute atomic E-state index is 5.65. The molecule has 0 saturated heterocycles. The smallest absolute Gasteiger partial charge is 0.219 e. The van der Waals surface area contributed by atoms with Crippen molar-refractivity contribution in [2.24, 2.45) is 23.7 Å². The molecular formula is C32H68O2S4. The topological polar surface area (TPSA) is 18.5 Å². The van der Waals surface area contributed by atoms with Gasteiger partial charge in [-0.25, -0.2) is 0 Å². The third-order valence-electron chi connectivity index (χ3n) is 7.12. The van der Waals surface area contributed by atoms with Crippen LogP contribution < -0.4 is 0 Å². The van der Waals surface area contributed by atoms with Gasteiger partial charge in [0, 0.05) is 22.9 Å². The molecule has 0 aliphatic rings. The van der Waals surface area contributed by atoms with Gasteiger partial charge in [0.05, 0.1) is 7.11 Å². The Hall–Kier alpha value is 0.900. The van der Waals surface area contributed by atoms with E-state index in [9.17, 15) is 0 Å². The molecule has 38 heavy (non-hydrogen) atoms. The number of thioether (sulfide) groups is 3. The number of methoxy groups -OCH3 is 2. The highest BCUT2D eigenvalue weighted by molar-refractivity contribution is 8.23. The molecule has 0 fully saturated rings. The van der Waals surface area contributed by atoms with Gasteiger partial charge >= 0.3 is 0 Å². The third-order valence-corrected chi connectivity index (χ3v) is 11.3. The van der Waals surface area contributed by atoms with Crippen LogP contribution in [0.15, 0.2) is 0 Å². The van der Waals surface area contributed by atoms with Crippen molar-refractivity contribution in [2.45, 2.75) is 161 Å². The Balaban J connectivity index is -0.000000547. The maximum atomic E-state index is 5.65. The van der Waals surface area contributed by atoms with E-state index in [-0.39, 0.29) is 4.77 Å². The monoisotopic (exact) mass is 612 g/mol. The van der Waals surface area contributed by atoms with E-state index in [2.05, 4.69) is 83.1 Å². The molecule has 0 rings (SSSR count). The molecule has 0 spiro atoms. The van der Waals surface area contributed by atoms with Crippen molar-refractivity contribution < 1.29 is 9.47 Å². The van der Waals surface area contributed by atoms with Gasteiger partial charge in [-0.2, -0.15) is 0 Å². The van der Waals surface area contributed by atoms with Gasteiger partial charge in [-0.15, -0.1) is 23.5 Å². The lowest BCUT2D eigenvalue weighted by molar-refractivity contribution is 0.233. The minimum atomic E-state index is 0.290. The predicted molar refractivity (Wildman–Crippen MR) is 188 cm³/mol. The van der Waals surface area contributed by atoms with Gasteiger partial charge in [-0.3, -0.25) is 0 Å². The van der Waals surface area contributed by atoms with Crippen LogP contribution in [-0.4, -0.2) is 39.1 Å². The first-order valence-electron chi connectivity index (χ1n) is 15.4. The van der Waals surface area contributed by atoms with Gasteiger partial charge < -0.3 is 9.47 Å². The molecule has 0 aromatic carbocycles. The Labute approximate surface area is 259 Å². The van der Waals surface area contributed by atoms with E-state index in [1.54, 1.807) is 18.9 Å². The van der Waals surface area contributed by atoms with Crippen LogP contribution in [0.5, 0.6) is 0 Å². The van der Waals surface area contributed by atoms with Crippen LogP contribution in [0.25, 0.3) is 0 Å². The van der Waals surface area contributed by atoms with E-state index in [0.29, 0.717) is 20.1 Å². The Morgan fingerprint density at radius 3 is 1.24 bits per heavy atom. The van der Waals surface area contributed by atoms with E-state index in [1.807, 2.05) is 30.6 Å². The number of hydrogen-bond donors (Lipinski definition) is 0. The molecule has 0 aromatic rings. The van der Waals surface area contributed by atoms with Gasteiger partial charge in [0.15, 0.2) is 0 Å². The summed E-state index contributed by atoms with van der Waals surface area (Å²) < 4.78 is 11.5. The number of rotatable bonds is 18. The van der Waals surface area contributed by atoms with E-state index in [4.69, 9.17) is 21.7 Å². The minimum absolute atomic E-state index is 0.290. The lowest BCUT2D eigenvalue weighted by Crippen LogP contribution is -2.14. The maximum Gasteiger partial charge on any atom is 0.219 e. The summed E-state index contributed by atoms with van der Waals surface area (Å²) >= 11 is 10.6. The van der Waals surface area contributed by atoms with Crippen LogP contribution in [0.1, 0.15) is 141 Å². The first kappa shape index (κ1) is 43.4. The zero-order valence-electron chi connectivity index (χ0n) is 27.9. The van der Waals surface area contributed by atoms with Crippen LogP contribution >= 0.6 is 47.5 Å². The Bertz CT molecular complexity index is 486. The summed E-state index contributed by atoms with van der Waals surface area (Å²) in [5, 5.41) is 1.94. The summed E-state index contributed by atoms with van der Waals surface area (Å²) in [6, 6.07) is 0. The molecule has 0 aliphatic carbocycles. The molecule has 0 aromatic heterocycles. The quantitative estimate of drug-likeness (QED) is 0.112. The van der Waals surface area contributed by atoms with Crippen molar-refractivity contribution in [1.29, 1.82) is 0 Å². The van der Waals surface area contributed by atoms with Gasteiger partial charge in [-0.05, 0) is 55.2 Å². The molecule has 0 saturated carbocycles. The minimum Gasteiger partial charge on any atom is -0.482 e. The summed E-state index contributed by atoms with van der Waals surface area (Å²) in [6.45, 7) is 27.4. The zero-order chi connectivity index (χ0) is 30.1. The first-order valence-corrected chi connectivity index (χ1v) is 18.6. The largest absolute Gasteiger partial charge is 0.482 e. The van der Waals surface area contributed by atoms with Crippen molar-refractivity contribution in [3.8, 4) is 0 Å². The molecule has 0 aliphatic heterocycles. The van der Waals surface area contributed by atoms with Gasteiger partial charge in [0.2, 0.25) is 4.38 Å². The Kier molecular flexibility index (Phi) is 33.5. The lowest BCUT2D eigenvalue weighted by Gasteiger charge is -2.24. The number of ether oxygens (including phenoxy) is 2. The molecule has 7 unspecified atom stereocenters. The van der Waals surface area contributed by atoms with E-state index in [1.165, 1.54) is 57.8 Å². The molecule has 0 bridgehead atoms. The van der Waals surface area contributed by atoms with Crippen LogP contribution in [0.4, 0.5) is 0 Å². The molecule has 2 nitrogen and oxygen atoms in total. The SMILES string of the molecule is CCC(C)CC(C)SC(=S)OC.CCC(C)CC(C)SC(OC)SC(C)CC(C)CC.CCCC(C)CC. The van der Waals surface area contributed by atoms with Crippen LogP contribution in [0.3, 0.4) is 0 Å². The molecular weight excluding hydrogens is 545 g/mol. The van der Waals surface area contributed by atoms with Crippen LogP contribution in [0.2, 0.25) is 0 Å². The van der Waals surface area contributed by atoms with E-state index < -0.39 is 0 Å². The second-order valence-corrected chi connectivity index (χ2v) is 16.7. The fourth-order valence-corrected chi connectivity index (χ4v) is 8.39. The summed E-state index contributed by atoms with van der Waals surface area (Å²) in [5.74, 6) is 3.38. The second-order valence-electron chi connectivity index (χ2n) is 11.3.